The Hall–Kier alpha value is -3.63. The number of allylic oxidation sites excluding steroid dienone is 3. The van der Waals surface area contributed by atoms with Gasteiger partial charge in [-0.15, -0.1) is 15.3 Å². The number of nitrogens with zero attached hydrogens (tertiary/aromatic N) is 6. The molecule has 0 radical (unpaired) electrons. The fourth-order valence-electron chi connectivity index (χ4n) is 4.62. The Morgan fingerprint density at radius 1 is 1.20 bits per heavy atom. The minimum absolute atomic E-state index is 0.000781. The summed E-state index contributed by atoms with van der Waals surface area (Å²) in [5, 5.41) is 17.6. The number of aromatic nitrogens is 5. The molecule has 10 nitrogen and oxygen atoms in total. The number of hydrogen-bond donors (Lipinski definition) is 0. The Kier molecular flexibility index (Phi) is 5.97. The summed E-state index contributed by atoms with van der Waals surface area (Å²) in [6.07, 6.45) is 12.3. The Balaban J connectivity index is 1.23. The fourth-order valence-corrected chi connectivity index (χ4v) is 4.62. The maximum absolute atomic E-state index is 6.19. The van der Waals surface area contributed by atoms with Crippen LogP contribution in [0.4, 0.5) is 0 Å². The van der Waals surface area contributed by atoms with E-state index in [1.165, 1.54) is 5.56 Å². The van der Waals surface area contributed by atoms with E-state index in [1.54, 1.807) is 17.9 Å². The van der Waals surface area contributed by atoms with Crippen molar-refractivity contribution in [3.8, 4) is 11.5 Å². The number of ether oxygens (including phenoxy) is 3. The molecule has 35 heavy (non-hydrogen) atoms. The average molecular weight is 475 g/mol. The summed E-state index contributed by atoms with van der Waals surface area (Å²) in [5.41, 5.74) is 3.54. The van der Waals surface area contributed by atoms with E-state index in [1.807, 2.05) is 24.4 Å². The van der Waals surface area contributed by atoms with Crippen LogP contribution in [0.5, 0.6) is 0 Å². The SMILES string of the molecule is COCc1cc(-c2nnc3n2N=C(OCc2ccc(C[C@@H]4CCCO4)cn2)C2=CC=CCC23)no1. The van der Waals surface area contributed by atoms with E-state index < -0.39 is 0 Å². The van der Waals surface area contributed by atoms with Crippen LogP contribution in [0.2, 0.25) is 0 Å². The second kappa shape index (κ2) is 9.55. The van der Waals surface area contributed by atoms with Gasteiger partial charge in [0.05, 0.1) is 17.7 Å². The van der Waals surface area contributed by atoms with Crippen molar-refractivity contribution in [2.24, 2.45) is 5.10 Å². The van der Waals surface area contributed by atoms with Gasteiger partial charge in [-0.3, -0.25) is 4.98 Å². The number of rotatable bonds is 7. The van der Waals surface area contributed by atoms with Gasteiger partial charge in [0.25, 0.3) is 0 Å². The lowest BCUT2D eigenvalue weighted by Gasteiger charge is -2.26. The topological polar surface area (TPSA) is 110 Å². The summed E-state index contributed by atoms with van der Waals surface area (Å²) in [4.78, 5) is 4.59. The summed E-state index contributed by atoms with van der Waals surface area (Å²) in [7, 11) is 1.60. The Morgan fingerprint density at radius 2 is 2.17 bits per heavy atom. The van der Waals surface area contributed by atoms with Gasteiger partial charge in [0.2, 0.25) is 11.7 Å². The second-order valence-corrected chi connectivity index (χ2v) is 8.83. The van der Waals surface area contributed by atoms with E-state index >= 15 is 0 Å². The largest absolute Gasteiger partial charge is 0.470 e. The maximum atomic E-state index is 6.19. The summed E-state index contributed by atoms with van der Waals surface area (Å²) < 4.78 is 24.1. The number of fused-ring (bicyclic) bond motifs is 3. The third-order valence-electron chi connectivity index (χ3n) is 6.38. The van der Waals surface area contributed by atoms with Crippen LogP contribution in [0.3, 0.4) is 0 Å². The molecule has 5 heterocycles. The van der Waals surface area contributed by atoms with Gasteiger partial charge >= 0.3 is 0 Å². The van der Waals surface area contributed by atoms with Crippen LogP contribution in [0.15, 0.2) is 57.8 Å². The van der Waals surface area contributed by atoms with Gasteiger partial charge in [0.1, 0.15) is 13.2 Å². The lowest BCUT2D eigenvalue weighted by atomic mass is 9.90. The zero-order chi connectivity index (χ0) is 23.6. The van der Waals surface area contributed by atoms with Gasteiger partial charge in [-0.25, -0.2) is 0 Å². The minimum Gasteiger partial charge on any atom is -0.470 e. The highest BCUT2D eigenvalue weighted by atomic mass is 16.5. The van der Waals surface area contributed by atoms with Gasteiger partial charge in [0.15, 0.2) is 17.3 Å². The Bertz CT molecular complexity index is 1280. The summed E-state index contributed by atoms with van der Waals surface area (Å²) in [5.74, 6) is 2.37. The van der Waals surface area contributed by atoms with Crippen LogP contribution in [0.25, 0.3) is 11.5 Å². The van der Waals surface area contributed by atoms with Crippen LogP contribution in [-0.4, -0.2) is 50.7 Å². The van der Waals surface area contributed by atoms with E-state index in [2.05, 4.69) is 32.5 Å². The smallest absolute Gasteiger partial charge is 0.236 e. The van der Waals surface area contributed by atoms with Crippen molar-refractivity contribution >= 4 is 5.90 Å². The molecule has 0 saturated carbocycles. The summed E-state index contributed by atoms with van der Waals surface area (Å²) in [6.45, 7) is 1.49. The number of methoxy groups -OCH3 is 1. The van der Waals surface area contributed by atoms with Crippen LogP contribution < -0.4 is 0 Å². The quantitative estimate of drug-likeness (QED) is 0.511. The zero-order valence-corrected chi connectivity index (χ0v) is 19.5. The van der Waals surface area contributed by atoms with E-state index in [0.29, 0.717) is 42.5 Å². The molecule has 0 bridgehead atoms. The molecule has 1 fully saturated rings. The third kappa shape index (κ3) is 4.42. The highest BCUT2D eigenvalue weighted by molar-refractivity contribution is 5.96. The Morgan fingerprint density at radius 3 is 3.00 bits per heavy atom. The van der Waals surface area contributed by atoms with Crippen molar-refractivity contribution in [2.45, 2.75) is 50.9 Å². The van der Waals surface area contributed by atoms with E-state index in [0.717, 1.165) is 49.4 Å². The predicted molar refractivity (Wildman–Crippen MR) is 125 cm³/mol. The molecule has 1 unspecified atom stereocenters. The highest BCUT2D eigenvalue weighted by Gasteiger charge is 2.34. The van der Waals surface area contributed by atoms with Gasteiger partial charge in [0, 0.05) is 38.0 Å². The van der Waals surface area contributed by atoms with E-state index in [9.17, 15) is 0 Å². The molecule has 0 amide bonds. The molecule has 3 aromatic rings. The second-order valence-electron chi connectivity index (χ2n) is 8.83. The van der Waals surface area contributed by atoms with Crippen molar-refractivity contribution < 1.29 is 18.7 Å². The van der Waals surface area contributed by atoms with Crippen LogP contribution >= 0.6 is 0 Å². The molecule has 2 atom stereocenters. The van der Waals surface area contributed by atoms with E-state index in [4.69, 9.17) is 23.8 Å². The molecule has 10 heteroatoms. The van der Waals surface area contributed by atoms with Gasteiger partial charge < -0.3 is 18.7 Å². The zero-order valence-electron chi connectivity index (χ0n) is 19.5. The molecule has 3 aromatic heterocycles. The molecule has 180 valence electrons. The van der Waals surface area contributed by atoms with Crippen molar-refractivity contribution in [2.75, 3.05) is 13.7 Å². The van der Waals surface area contributed by atoms with Crippen LogP contribution in [0, 0.1) is 0 Å². The first-order chi connectivity index (χ1) is 17.3. The first-order valence-electron chi connectivity index (χ1n) is 11.8. The first-order valence-corrected chi connectivity index (χ1v) is 11.8. The minimum atomic E-state index is 0.000781. The van der Waals surface area contributed by atoms with Crippen molar-refractivity contribution in [1.82, 2.24) is 25.0 Å². The average Bonchev–Trinajstić information content (AvgIpc) is 3.65. The highest BCUT2D eigenvalue weighted by Crippen LogP contribution is 2.36. The molecule has 0 aromatic carbocycles. The molecule has 2 aliphatic heterocycles. The van der Waals surface area contributed by atoms with Crippen LogP contribution in [-0.2, 0) is 33.8 Å². The van der Waals surface area contributed by atoms with Crippen molar-refractivity contribution in [3.05, 3.63) is 71.0 Å². The molecule has 1 saturated heterocycles. The third-order valence-corrected chi connectivity index (χ3v) is 6.38. The molecule has 0 N–H and O–H groups in total. The maximum Gasteiger partial charge on any atom is 0.236 e. The number of pyridine rings is 1. The van der Waals surface area contributed by atoms with Gasteiger partial charge in [-0.2, -0.15) is 4.68 Å². The molecule has 0 spiro atoms. The van der Waals surface area contributed by atoms with E-state index in [-0.39, 0.29) is 5.92 Å². The van der Waals surface area contributed by atoms with Crippen molar-refractivity contribution in [3.63, 3.8) is 0 Å². The molecular formula is C25H26N6O4. The fraction of sp³-hybridized carbons (Fsp3) is 0.400. The monoisotopic (exact) mass is 474 g/mol. The molecular weight excluding hydrogens is 448 g/mol. The molecule has 1 aliphatic carbocycles. The predicted octanol–water partition coefficient (Wildman–Crippen LogP) is 3.56. The van der Waals surface area contributed by atoms with Crippen LogP contribution in [0.1, 0.15) is 48.0 Å². The van der Waals surface area contributed by atoms with Crippen molar-refractivity contribution in [1.29, 1.82) is 0 Å². The standard InChI is InChI=1S/C25H26N6O4/c1-32-15-19-12-22(30-35-19)24-28-27-23-20-6-2-3-7-21(20)25(29-31(23)24)34-14-17-9-8-16(13-26-17)11-18-5-4-10-33-18/h2-3,7-9,12-13,18,20H,4-6,10-11,14-15H2,1H3/t18-,20?/m0/s1. The number of hydrogen-bond acceptors (Lipinski definition) is 9. The molecule has 3 aliphatic rings. The lowest BCUT2D eigenvalue weighted by molar-refractivity contribution is 0.111. The molecule has 6 rings (SSSR count). The Labute approximate surface area is 202 Å². The lowest BCUT2D eigenvalue weighted by Crippen LogP contribution is -2.25. The first kappa shape index (κ1) is 21.9. The summed E-state index contributed by atoms with van der Waals surface area (Å²) in [6, 6.07) is 5.88. The summed E-state index contributed by atoms with van der Waals surface area (Å²) >= 11 is 0. The van der Waals surface area contributed by atoms with Gasteiger partial charge in [-0.1, -0.05) is 29.5 Å². The van der Waals surface area contributed by atoms with Gasteiger partial charge in [-0.05, 0) is 30.9 Å². The normalized spacial score (nSPS) is 20.8.